The molecule has 4 rings (SSSR count). The van der Waals surface area contributed by atoms with Crippen LogP contribution in [0.1, 0.15) is 55.1 Å². The molecule has 0 bridgehead atoms. The molecule has 38 heavy (non-hydrogen) atoms. The van der Waals surface area contributed by atoms with Crippen molar-refractivity contribution in [1.82, 2.24) is 19.5 Å². The highest BCUT2D eigenvalue weighted by molar-refractivity contribution is 5.85. The van der Waals surface area contributed by atoms with Crippen molar-refractivity contribution < 1.29 is 19.4 Å². The third-order valence-electron chi connectivity index (χ3n) is 6.87. The summed E-state index contributed by atoms with van der Waals surface area (Å²) in [5.74, 6) is 2.00. The van der Waals surface area contributed by atoms with Gasteiger partial charge in [-0.25, -0.2) is 15.0 Å². The van der Waals surface area contributed by atoms with Crippen molar-refractivity contribution in [2.45, 2.75) is 51.0 Å². The van der Waals surface area contributed by atoms with Crippen molar-refractivity contribution in [1.29, 1.82) is 0 Å². The second-order valence-corrected chi connectivity index (χ2v) is 9.38. The van der Waals surface area contributed by atoms with Crippen molar-refractivity contribution in [2.24, 2.45) is 0 Å². The molecule has 2 aromatic carbocycles. The maximum absolute atomic E-state index is 12.7. The number of imidazole rings is 1. The van der Waals surface area contributed by atoms with Gasteiger partial charge in [0.1, 0.15) is 11.3 Å². The lowest BCUT2D eigenvalue weighted by molar-refractivity contribution is -0.120. The van der Waals surface area contributed by atoms with Gasteiger partial charge in [0, 0.05) is 13.0 Å². The Bertz CT molecular complexity index is 1370. The highest BCUT2D eigenvalue weighted by atomic mass is 16.5. The molecular weight excluding hydrogens is 482 g/mol. The summed E-state index contributed by atoms with van der Waals surface area (Å²) in [6.07, 6.45) is 4.97. The summed E-state index contributed by atoms with van der Waals surface area (Å²) in [6, 6.07) is 15.5. The van der Waals surface area contributed by atoms with Gasteiger partial charge < -0.3 is 24.9 Å². The number of aromatic nitrogens is 4. The Morgan fingerprint density at radius 2 is 1.82 bits per heavy atom. The van der Waals surface area contributed by atoms with E-state index in [4.69, 9.17) is 20.2 Å². The Morgan fingerprint density at radius 3 is 2.50 bits per heavy atom. The predicted molar refractivity (Wildman–Crippen MR) is 147 cm³/mol. The monoisotopic (exact) mass is 517 g/mol. The highest BCUT2D eigenvalue weighted by Gasteiger charge is 2.23. The van der Waals surface area contributed by atoms with Gasteiger partial charge in [-0.15, -0.1) is 0 Å². The van der Waals surface area contributed by atoms with Gasteiger partial charge in [0.2, 0.25) is 0 Å². The maximum Gasteiger partial charge on any atom is 0.166 e. The first-order chi connectivity index (χ1) is 18.4. The van der Waals surface area contributed by atoms with E-state index in [1.807, 2.05) is 41.0 Å². The molecule has 0 radical (unpaired) electrons. The van der Waals surface area contributed by atoms with E-state index in [1.165, 1.54) is 5.56 Å². The molecule has 0 saturated carbocycles. The minimum absolute atomic E-state index is 0.00248. The maximum atomic E-state index is 12.7. The Hall–Kier alpha value is -3.98. The smallest absolute Gasteiger partial charge is 0.166 e. The van der Waals surface area contributed by atoms with Crippen molar-refractivity contribution in [3.8, 4) is 11.5 Å². The lowest BCUT2D eigenvalue weighted by Gasteiger charge is -2.19. The van der Waals surface area contributed by atoms with Gasteiger partial charge in [-0.1, -0.05) is 36.4 Å². The van der Waals surface area contributed by atoms with Crippen LogP contribution in [0.5, 0.6) is 11.5 Å². The number of carbonyl (C=O) groups excluding carboxylic acids is 1. The minimum atomic E-state index is -0.398. The summed E-state index contributed by atoms with van der Waals surface area (Å²) in [6.45, 7) is 1.60. The number of ketones is 1. The van der Waals surface area contributed by atoms with Crippen LogP contribution in [0.2, 0.25) is 0 Å². The molecule has 2 heterocycles. The molecule has 2 atom stereocenters. The largest absolute Gasteiger partial charge is 0.493 e. The lowest BCUT2D eigenvalue weighted by atomic mass is 9.92. The number of aliphatic hydroxyl groups excluding tert-OH is 1. The topological polar surface area (TPSA) is 125 Å². The molecule has 0 fully saturated rings. The average Bonchev–Trinajstić information content (AvgIpc) is 3.35. The zero-order valence-corrected chi connectivity index (χ0v) is 22.1. The van der Waals surface area contributed by atoms with Gasteiger partial charge in [-0.3, -0.25) is 4.79 Å². The molecule has 9 nitrogen and oxygen atoms in total. The van der Waals surface area contributed by atoms with E-state index >= 15 is 0 Å². The van der Waals surface area contributed by atoms with E-state index in [0.717, 1.165) is 18.4 Å². The van der Waals surface area contributed by atoms with Crippen LogP contribution >= 0.6 is 0 Å². The fourth-order valence-corrected chi connectivity index (χ4v) is 4.86. The summed E-state index contributed by atoms with van der Waals surface area (Å²) < 4.78 is 12.6. The predicted octanol–water partition coefficient (Wildman–Crippen LogP) is 4.29. The average molecular weight is 518 g/mol. The number of nitrogen functional groups attached to an aromatic ring is 1. The van der Waals surface area contributed by atoms with Crippen LogP contribution in [-0.4, -0.2) is 51.2 Å². The summed E-state index contributed by atoms with van der Waals surface area (Å²) in [4.78, 5) is 26.4. The quantitative estimate of drug-likeness (QED) is 0.269. The number of aliphatic hydroxyl groups is 1. The molecular formula is C29H35N5O4. The molecule has 0 aliphatic rings. The van der Waals surface area contributed by atoms with Crippen molar-refractivity contribution in [3.05, 3.63) is 71.8 Å². The number of nitrogens with zero attached hydrogens (tertiary/aromatic N) is 4. The normalized spacial score (nSPS) is 12.8. The molecule has 9 heteroatoms. The molecule has 2 unspecified atom stereocenters. The van der Waals surface area contributed by atoms with E-state index < -0.39 is 6.04 Å². The first kappa shape index (κ1) is 27.1. The third-order valence-corrected chi connectivity index (χ3v) is 6.87. The van der Waals surface area contributed by atoms with Gasteiger partial charge in [-0.05, 0) is 61.8 Å². The number of methoxy groups -OCH3 is 2. The van der Waals surface area contributed by atoms with Crippen molar-refractivity contribution >= 4 is 22.8 Å². The number of carbonyl (C=O) groups is 1. The Balaban J connectivity index is 1.61. The lowest BCUT2D eigenvalue weighted by Crippen LogP contribution is -2.18. The van der Waals surface area contributed by atoms with Gasteiger partial charge in [0.25, 0.3) is 0 Å². The van der Waals surface area contributed by atoms with Gasteiger partial charge in [0.05, 0.1) is 26.6 Å². The summed E-state index contributed by atoms with van der Waals surface area (Å²) in [5.41, 5.74) is 9.53. The minimum Gasteiger partial charge on any atom is -0.493 e. The number of Topliss-reactive ketones (excluding diaryl/α,β-unsaturated/α-hetero) is 1. The number of anilines is 1. The Morgan fingerprint density at radius 1 is 1.05 bits per heavy atom. The van der Waals surface area contributed by atoms with E-state index in [2.05, 4.69) is 22.1 Å². The Labute approximate surface area is 222 Å². The van der Waals surface area contributed by atoms with Gasteiger partial charge in [-0.2, -0.15) is 0 Å². The summed E-state index contributed by atoms with van der Waals surface area (Å²) in [7, 11) is 3.18. The Kier molecular flexibility index (Phi) is 8.91. The highest BCUT2D eigenvalue weighted by Crippen LogP contribution is 2.33. The first-order valence-corrected chi connectivity index (χ1v) is 12.8. The molecule has 0 spiro atoms. The number of ether oxygens (including phenoxy) is 2. The van der Waals surface area contributed by atoms with Crippen molar-refractivity contribution in [3.63, 3.8) is 0 Å². The molecule has 0 saturated heterocycles. The van der Waals surface area contributed by atoms with E-state index in [1.54, 1.807) is 27.5 Å². The zero-order valence-electron chi connectivity index (χ0n) is 22.1. The van der Waals surface area contributed by atoms with Crippen LogP contribution in [0.25, 0.3) is 11.2 Å². The molecule has 3 N–H and O–H groups in total. The second-order valence-electron chi connectivity index (χ2n) is 9.38. The number of fused-ring (bicyclic) bond motifs is 1. The summed E-state index contributed by atoms with van der Waals surface area (Å²) >= 11 is 0. The van der Waals surface area contributed by atoms with E-state index in [0.29, 0.717) is 47.7 Å². The van der Waals surface area contributed by atoms with Crippen LogP contribution in [-0.2, 0) is 17.6 Å². The standard InChI is InChI=1S/C29H35N5O4/c1-19(36)23(11-7-10-20-8-5-4-6-9-20)34-18-31-27-28(30)32-26(33-29(27)34)17-22(14-15-35)21-12-13-24(37-2)25(16-21)38-3/h4-6,8-9,12-13,16,18,22-23,35H,7,10-11,14-15,17H2,1-3H3,(H2,30,32,33). The number of rotatable bonds is 13. The number of aryl methyl sites for hydroxylation is 1. The van der Waals surface area contributed by atoms with Crippen LogP contribution in [0.4, 0.5) is 5.82 Å². The number of benzene rings is 2. The number of hydrogen-bond acceptors (Lipinski definition) is 8. The van der Waals surface area contributed by atoms with Crippen molar-refractivity contribution in [2.75, 3.05) is 26.6 Å². The third kappa shape index (κ3) is 6.11. The molecule has 0 aliphatic carbocycles. The van der Waals surface area contributed by atoms with Crippen LogP contribution in [0, 0.1) is 0 Å². The summed E-state index contributed by atoms with van der Waals surface area (Å²) in [5, 5.41) is 9.77. The molecule has 200 valence electrons. The molecule has 2 aromatic heterocycles. The SMILES string of the molecule is COc1ccc(C(CCO)Cc2nc(N)c3ncn(C(CCCc4ccccc4)C(C)=O)c3n2)cc1OC. The zero-order chi connectivity index (χ0) is 27.1. The molecule has 4 aromatic rings. The van der Waals surface area contributed by atoms with E-state index in [-0.39, 0.29) is 24.1 Å². The first-order valence-electron chi connectivity index (χ1n) is 12.8. The molecule has 0 amide bonds. The number of hydrogen-bond donors (Lipinski definition) is 2. The fourth-order valence-electron chi connectivity index (χ4n) is 4.86. The number of nitrogens with two attached hydrogens (primary N) is 1. The van der Waals surface area contributed by atoms with E-state index in [9.17, 15) is 9.90 Å². The molecule has 0 aliphatic heterocycles. The van der Waals surface area contributed by atoms with Gasteiger partial charge in [0.15, 0.2) is 28.7 Å². The van der Waals surface area contributed by atoms with Gasteiger partial charge >= 0.3 is 0 Å². The van der Waals surface area contributed by atoms with Crippen LogP contribution < -0.4 is 15.2 Å². The second kappa shape index (κ2) is 12.5. The van der Waals surface area contributed by atoms with Crippen LogP contribution in [0.3, 0.4) is 0 Å². The fraction of sp³-hybridized carbons (Fsp3) is 0.379. The van der Waals surface area contributed by atoms with Crippen LogP contribution in [0.15, 0.2) is 54.9 Å².